The molecule has 1 fully saturated rings. The Bertz CT molecular complexity index is 831. The van der Waals surface area contributed by atoms with Crippen LogP contribution < -0.4 is 4.90 Å². The number of fused-ring (bicyclic) bond motifs is 1. The summed E-state index contributed by atoms with van der Waals surface area (Å²) in [4.78, 5) is 4.67. The number of hydrogen-bond donors (Lipinski definition) is 1. The second-order valence-electron chi connectivity index (χ2n) is 7.82. The van der Waals surface area contributed by atoms with Crippen LogP contribution in [0.4, 0.5) is 10.1 Å². The molecule has 27 heavy (non-hydrogen) atoms. The second-order valence-corrected chi connectivity index (χ2v) is 7.82. The highest BCUT2D eigenvalue weighted by atomic mass is 19.1. The van der Waals surface area contributed by atoms with E-state index in [9.17, 15) is 9.50 Å². The van der Waals surface area contributed by atoms with Gasteiger partial charge in [0.2, 0.25) is 0 Å². The second kappa shape index (κ2) is 6.91. The number of aliphatic hydroxyl groups excluding tert-OH is 1. The number of hydrogen-bond acceptors (Lipinski definition) is 5. The molecule has 2 aromatic rings. The minimum Gasteiger partial charge on any atom is -0.396 e. The molecule has 0 spiro atoms. The van der Waals surface area contributed by atoms with E-state index >= 15 is 0 Å². The highest BCUT2D eigenvalue weighted by molar-refractivity contribution is 5.67. The first-order valence-corrected chi connectivity index (χ1v) is 9.85. The Morgan fingerprint density at radius 2 is 2.07 bits per heavy atom. The van der Waals surface area contributed by atoms with Crippen LogP contribution in [-0.2, 0) is 12.0 Å². The van der Waals surface area contributed by atoms with E-state index in [0.717, 1.165) is 54.3 Å². The molecule has 3 heterocycles. The van der Waals surface area contributed by atoms with Crippen molar-refractivity contribution in [3.8, 4) is 0 Å². The average Bonchev–Trinajstić information content (AvgIpc) is 3.34. The quantitative estimate of drug-likeness (QED) is 0.872. The number of halogens is 1. The Kier molecular flexibility index (Phi) is 4.72. The third kappa shape index (κ3) is 2.69. The van der Waals surface area contributed by atoms with E-state index in [1.807, 2.05) is 20.0 Å². The van der Waals surface area contributed by atoms with Gasteiger partial charge in [-0.2, -0.15) is 0 Å². The summed E-state index contributed by atoms with van der Waals surface area (Å²) in [5.41, 5.74) is 3.21. The van der Waals surface area contributed by atoms with E-state index < -0.39 is 5.54 Å². The van der Waals surface area contributed by atoms with Crippen molar-refractivity contribution in [2.75, 3.05) is 38.2 Å². The number of nitrogens with zero attached hydrogens (tertiary/aromatic N) is 3. The number of likely N-dealkylation sites (N-methyl/N-ethyl adjacent to an activating group) is 1. The number of aromatic nitrogens is 1. The molecule has 4 rings (SSSR count). The zero-order valence-corrected chi connectivity index (χ0v) is 16.3. The summed E-state index contributed by atoms with van der Waals surface area (Å²) in [6.07, 6.45) is 3.11. The minimum absolute atomic E-state index is 0.0532. The molecular formula is C21H28FN3O2. The molecular weight excluding hydrogens is 345 g/mol. The monoisotopic (exact) mass is 373 g/mol. The lowest BCUT2D eigenvalue weighted by Crippen LogP contribution is -2.53. The summed E-state index contributed by atoms with van der Waals surface area (Å²) >= 11 is 0. The SMILES string of the molecule is CCc1onc(C)c1C1(CN2CCCC2)C(CO)c2cc(F)ccc2N1C. The van der Waals surface area contributed by atoms with E-state index in [1.165, 1.54) is 18.9 Å². The zero-order valence-electron chi connectivity index (χ0n) is 16.3. The Morgan fingerprint density at radius 3 is 2.74 bits per heavy atom. The molecule has 0 radical (unpaired) electrons. The van der Waals surface area contributed by atoms with Crippen molar-refractivity contribution >= 4 is 5.69 Å². The van der Waals surface area contributed by atoms with Crippen LogP contribution in [0.15, 0.2) is 22.7 Å². The predicted molar refractivity (Wildman–Crippen MR) is 103 cm³/mol. The Labute approximate surface area is 159 Å². The summed E-state index contributed by atoms with van der Waals surface area (Å²) in [6, 6.07) is 4.90. The molecule has 1 saturated heterocycles. The van der Waals surface area contributed by atoms with Crippen molar-refractivity contribution in [3.63, 3.8) is 0 Å². The van der Waals surface area contributed by atoms with Gasteiger partial charge in [-0.25, -0.2) is 4.39 Å². The van der Waals surface area contributed by atoms with Gasteiger partial charge in [0.05, 0.1) is 17.8 Å². The van der Waals surface area contributed by atoms with Gasteiger partial charge in [-0.15, -0.1) is 0 Å². The van der Waals surface area contributed by atoms with Crippen LogP contribution in [0.2, 0.25) is 0 Å². The summed E-state index contributed by atoms with van der Waals surface area (Å²) in [5, 5.41) is 14.7. The molecule has 0 aliphatic carbocycles. The summed E-state index contributed by atoms with van der Waals surface area (Å²) < 4.78 is 19.7. The number of benzene rings is 1. The standard InChI is InChI=1S/C21H28FN3O2/c1-4-19-20(14(2)23-27-19)21(13-25-9-5-6-10-25)17(12-26)16-11-15(22)7-8-18(16)24(21)3/h7-8,11,17,26H,4-6,9-10,12-13H2,1-3H3. The van der Waals surface area contributed by atoms with Crippen LogP contribution in [0, 0.1) is 12.7 Å². The minimum atomic E-state index is -0.523. The number of anilines is 1. The van der Waals surface area contributed by atoms with Crippen molar-refractivity contribution in [1.29, 1.82) is 0 Å². The van der Waals surface area contributed by atoms with Crippen molar-refractivity contribution in [1.82, 2.24) is 10.1 Å². The Morgan fingerprint density at radius 1 is 1.33 bits per heavy atom. The molecule has 2 unspecified atom stereocenters. The fraction of sp³-hybridized carbons (Fsp3) is 0.571. The van der Waals surface area contributed by atoms with Crippen molar-refractivity contribution in [3.05, 3.63) is 46.6 Å². The van der Waals surface area contributed by atoms with Gasteiger partial charge >= 0.3 is 0 Å². The maximum atomic E-state index is 14.1. The summed E-state index contributed by atoms with van der Waals surface area (Å²) in [6.45, 7) is 6.83. The Hall–Kier alpha value is -1.92. The third-order valence-corrected chi connectivity index (χ3v) is 6.43. The fourth-order valence-corrected chi connectivity index (χ4v) is 5.20. The molecule has 1 N–H and O–H groups in total. The van der Waals surface area contributed by atoms with Gasteiger partial charge in [0, 0.05) is 37.2 Å². The summed E-state index contributed by atoms with van der Waals surface area (Å²) in [5.74, 6) is 0.345. The lowest BCUT2D eigenvalue weighted by molar-refractivity contribution is 0.164. The molecule has 0 saturated carbocycles. The molecule has 6 heteroatoms. The van der Waals surface area contributed by atoms with Crippen molar-refractivity contribution < 1.29 is 14.0 Å². The van der Waals surface area contributed by atoms with Crippen LogP contribution in [-0.4, -0.2) is 48.5 Å². The van der Waals surface area contributed by atoms with Gasteiger partial charge in [-0.1, -0.05) is 12.1 Å². The highest BCUT2D eigenvalue weighted by Crippen LogP contribution is 2.54. The van der Waals surface area contributed by atoms with Crippen LogP contribution >= 0.6 is 0 Å². The lowest BCUT2D eigenvalue weighted by Gasteiger charge is -2.44. The third-order valence-electron chi connectivity index (χ3n) is 6.43. The fourth-order valence-electron chi connectivity index (χ4n) is 5.20. The molecule has 146 valence electrons. The van der Waals surface area contributed by atoms with Gasteiger partial charge in [-0.3, -0.25) is 0 Å². The maximum absolute atomic E-state index is 14.1. The topological polar surface area (TPSA) is 52.7 Å². The van der Waals surface area contributed by atoms with E-state index in [1.54, 1.807) is 6.07 Å². The molecule has 1 aromatic heterocycles. The first-order chi connectivity index (χ1) is 13.0. The summed E-state index contributed by atoms with van der Waals surface area (Å²) in [7, 11) is 2.05. The smallest absolute Gasteiger partial charge is 0.142 e. The molecule has 2 aliphatic heterocycles. The highest BCUT2D eigenvalue weighted by Gasteiger charge is 2.54. The predicted octanol–water partition coefficient (Wildman–Crippen LogP) is 3.20. The van der Waals surface area contributed by atoms with Crippen molar-refractivity contribution in [2.45, 2.75) is 44.6 Å². The normalized spacial score (nSPS) is 25.4. The van der Waals surface area contributed by atoms with Crippen LogP contribution in [0.1, 0.15) is 48.3 Å². The van der Waals surface area contributed by atoms with E-state index in [-0.39, 0.29) is 18.3 Å². The maximum Gasteiger partial charge on any atom is 0.142 e. The van der Waals surface area contributed by atoms with Gasteiger partial charge in [0.15, 0.2) is 0 Å². The zero-order chi connectivity index (χ0) is 19.2. The Balaban J connectivity index is 1.93. The van der Waals surface area contributed by atoms with E-state index in [2.05, 4.69) is 21.9 Å². The van der Waals surface area contributed by atoms with Crippen molar-refractivity contribution in [2.24, 2.45) is 0 Å². The molecule has 0 bridgehead atoms. The lowest BCUT2D eigenvalue weighted by atomic mass is 9.75. The number of likely N-dealkylation sites (tertiary alicyclic amines) is 1. The average molecular weight is 373 g/mol. The first-order valence-electron chi connectivity index (χ1n) is 9.85. The number of aryl methyl sites for hydroxylation is 2. The number of aliphatic hydroxyl groups is 1. The van der Waals surface area contributed by atoms with Gasteiger partial charge in [-0.05, 0) is 56.6 Å². The molecule has 2 atom stereocenters. The van der Waals surface area contributed by atoms with Crippen LogP contribution in [0.3, 0.4) is 0 Å². The van der Waals surface area contributed by atoms with Gasteiger partial charge in [0.25, 0.3) is 0 Å². The van der Waals surface area contributed by atoms with E-state index in [0.29, 0.717) is 0 Å². The molecule has 5 nitrogen and oxygen atoms in total. The van der Waals surface area contributed by atoms with Gasteiger partial charge in [0.1, 0.15) is 11.6 Å². The van der Waals surface area contributed by atoms with Crippen LogP contribution in [0.25, 0.3) is 0 Å². The molecule has 1 aromatic carbocycles. The van der Waals surface area contributed by atoms with Crippen LogP contribution in [0.5, 0.6) is 0 Å². The molecule has 0 amide bonds. The van der Waals surface area contributed by atoms with E-state index in [4.69, 9.17) is 4.52 Å². The molecule has 2 aliphatic rings. The largest absolute Gasteiger partial charge is 0.396 e. The first kappa shape index (κ1) is 18.4. The van der Waals surface area contributed by atoms with Gasteiger partial charge < -0.3 is 19.4 Å². The number of rotatable bonds is 5.